The van der Waals surface area contributed by atoms with Gasteiger partial charge in [0.05, 0.1) is 27.9 Å². The molecular weight excluding hydrogens is 483 g/mol. The van der Waals surface area contributed by atoms with Gasteiger partial charge in [-0.15, -0.1) is 0 Å². The molecule has 1 saturated heterocycles. The van der Waals surface area contributed by atoms with Crippen LogP contribution < -0.4 is 24.4 Å². The molecule has 0 aromatic heterocycles. The van der Waals surface area contributed by atoms with E-state index in [0.29, 0.717) is 55.0 Å². The van der Waals surface area contributed by atoms with Crippen molar-refractivity contribution in [3.05, 3.63) is 47.8 Å². The van der Waals surface area contributed by atoms with Crippen LogP contribution >= 0.6 is 0 Å². The van der Waals surface area contributed by atoms with Gasteiger partial charge in [-0.3, -0.25) is 14.9 Å². The summed E-state index contributed by atoms with van der Waals surface area (Å²) in [6.45, 7) is 4.26. The molecule has 0 aliphatic carbocycles. The van der Waals surface area contributed by atoms with Crippen LogP contribution in [0.4, 0.5) is 10.1 Å². The van der Waals surface area contributed by atoms with Crippen LogP contribution in [0, 0.1) is 11.7 Å². The normalized spacial score (nSPS) is 19.6. The Morgan fingerprint density at radius 1 is 1.00 bits per heavy atom. The van der Waals surface area contributed by atoms with Gasteiger partial charge in [-0.2, -0.15) is 0 Å². The van der Waals surface area contributed by atoms with Crippen molar-refractivity contribution in [1.82, 2.24) is 10.2 Å². The van der Waals surface area contributed by atoms with E-state index in [1.807, 2.05) is 4.90 Å². The summed E-state index contributed by atoms with van der Waals surface area (Å²) in [7, 11) is 4.48. The number of carbonyl (C=O) groups is 2. The molecule has 1 N–H and O–H groups in total. The molecule has 0 bridgehead atoms. The highest BCUT2D eigenvalue weighted by molar-refractivity contribution is 6.08. The zero-order chi connectivity index (χ0) is 26.5. The fourth-order valence-corrected chi connectivity index (χ4v) is 4.57. The Morgan fingerprint density at radius 2 is 1.59 bits per heavy atom. The van der Waals surface area contributed by atoms with Crippen LogP contribution in [0.3, 0.4) is 0 Å². The summed E-state index contributed by atoms with van der Waals surface area (Å²) in [5.41, 5.74) is 1.47. The van der Waals surface area contributed by atoms with Crippen LogP contribution in [0.1, 0.15) is 18.5 Å². The molecule has 198 valence electrons. The van der Waals surface area contributed by atoms with E-state index in [1.165, 1.54) is 33.5 Å². The molecule has 0 unspecified atom stereocenters. The minimum Gasteiger partial charge on any atom is -0.493 e. The molecule has 1 fully saturated rings. The van der Waals surface area contributed by atoms with Crippen molar-refractivity contribution in [2.75, 3.05) is 59.0 Å². The van der Waals surface area contributed by atoms with E-state index in [-0.39, 0.29) is 12.4 Å². The summed E-state index contributed by atoms with van der Waals surface area (Å²) in [5.74, 6) is -1.09. The van der Waals surface area contributed by atoms with Gasteiger partial charge in [-0.05, 0) is 48.9 Å². The number of nitrogens with one attached hydrogen (secondary N) is 1. The Kier molecular flexibility index (Phi) is 8.00. The van der Waals surface area contributed by atoms with Crippen molar-refractivity contribution < 1.29 is 32.9 Å². The molecular formula is C26H31FN4O6. The lowest BCUT2D eigenvalue weighted by atomic mass is 9.90. The number of rotatable bonds is 7. The SMILES string of the molecule is CCOC(=O)[C@H]1C(=O)NC(N2CCN(c3ccc(F)cc3)CC2)=N[C@@H]1c1cc(OC)c(OC)c(OC)c1. The molecule has 2 atom stereocenters. The lowest BCUT2D eigenvalue weighted by Crippen LogP contribution is -2.57. The van der Waals surface area contributed by atoms with Crippen LogP contribution in [0.5, 0.6) is 17.2 Å². The first-order valence-electron chi connectivity index (χ1n) is 12.0. The zero-order valence-corrected chi connectivity index (χ0v) is 21.3. The number of piperazine rings is 1. The number of amides is 1. The number of guanidine groups is 1. The third-order valence-electron chi connectivity index (χ3n) is 6.43. The molecule has 2 aromatic carbocycles. The highest BCUT2D eigenvalue weighted by Crippen LogP contribution is 2.42. The van der Waals surface area contributed by atoms with Crippen LogP contribution in [-0.4, -0.2) is 76.9 Å². The van der Waals surface area contributed by atoms with Gasteiger partial charge in [0.25, 0.3) is 0 Å². The molecule has 10 nitrogen and oxygen atoms in total. The standard InChI is InChI=1S/C26H31FN4O6/c1-5-37-25(33)21-22(16-14-19(34-2)23(36-4)20(15-16)35-3)28-26(29-24(21)32)31-12-10-30(11-13-31)18-8-6-17(27)7-9-18/h6-9,14-15,21-22H,5,10-13H2,1-4H3,(H,28,29,32)/t21-,22-/m1/s1. The van der Waals surface area contributed by atoms with Gasteiger partial charge in [0.15, 0.2) is 17.4 Å². The smallest absolute Gasteiger partial charge is 0.321 e. The van der Waals surface area contributed by atoms with Crippen molar-refractivity contribution in [3.63, 3.8) is 0 Å². The molecule has 0 saturated carbocycles. The summed E-state index contributed by atoms with van der Waals surface area (Å²) >= 11 is 0. The van der Waals surface area contributed by atoms with Crippen molar-refractivity contribution in [1.29, 1.82) is 0 Å². The Morgan fingerprint density at radius 3 is 2.14 bits per heavy atom. The Bertz CT molecular complexity index is 1140. The number of hydrogen-bond donors (Lipinski definition) is 1. The van der Waals surface area contributed by atoms with Crippen LogP contribution in [0.2, 0.25) is 0 Å². The lowest BCUT2D eigenvalue weighted by molar-refractivity contribution is -0.153. The molecule has 37 heavy (non-hydrogen) atoms. The van der Waals surface area contributed by atoms with Crippen LogP contribution in [-0.2, 0) is 14.3 Å². The first-order valence-corrected chi connectivity index (χ1v) is 12.0. The van der Waals surface area contributed by atoms with E-state index in [0.717, 1.165) is 5.69 Å². The highest BCUT2D eigenvalue weighted by Gasteiger charge is 2.43. The third-order valence-corrected chi connectivity index (χ3v) is 6.43. The number of halogens is 1. The second-order valence-corrected chi connectivity index (χ2v) is 8.53. The van der Waals surface area contributed by atoms with E-state index < -0.39 is 23.8 Å². The summed E-state index contributed by atoms with van der Waals surface area (Å²) in [4.78, 5) is 35.0. The summed E-state index contributed by atoms with van der Waals surface area (Å²) < 4.78 is 34.9. The summed E-state index contributed by atoms with van der Waals surface area (Å²) in [6, 6.07) is 8.86. The Balaban J connectivity index is 1.65. The number of carbonyl (C=O) groups excluding carboxylic acids is 2. The monoisotopic (exact) mass is 514 g/mol. The number of ether oxygens (including phenoxy) is 4. The van der Waals surface area contributed by atoms with Gasteiger partial charge < -0.3 is 28.7 Å². The molecule has 2 aromatic rings. The van der Waals surface area contributed by atoms with Gasteiger partial charge in [0, 0.05) is 31.9 Å². The molecule has 2 aliphatic rings. The molecule has 2 heterocycles. The number of methoxy groups -OCH3 is 3. The Labute approximate surface area is 214 Å². The predicted octanol–water partition coefficient (Wildman–Crippen LogP) is 2.38. The van der Waals surface area contributed by atoms with Gasteiger partial charge in [0.2, 0.25) is 17.6 Å². The van der Waals surface area contributed by atoms with Gasteiger partial charge >= 0.3 is 5.97 Å². The molecule has 11 heteroatoms. The first kappa shape index (κ1) is 26.1. The largest absolute Gasteiger partial charge is 0.493 e. The number of nitrogens with zero attached hydrogens (tertiary/aromatic N) is 3. The second kappa shape index (κ2) is 11.4. The maximum Gasteiger partial charge on any atom is 0.321 e. The maximum absolute atomic E-state index is 13.3. The highest BCUT2D eigenvalue weighted by atomic mass is 19.1. The number of benzene rings is 2. The molecule has 0 radical (unpaired) electrons. The van der Waals surface area contributed by atoms with Crippen molar-refractivity contribution in [2.45, 2.75) is 13.0 Å². The summed E-state index contributed by atoms with van der Waals surface area (Å²) in [5, 5.41) is 2.80. The van der Waals surface area contributed by atoms with Crippen molar-refractivity contribution in [3.8, 4) is 17.2 Å². The molecule has 4 rings (SSSR count). The van der Waals surface area contributed by atoms with Gasteiger partial charge in [0.1, 0.15) is 11.9 Å². The second-order valence-electron chi connectivity index (χ2n) is 8.53. The Hall–Kier alpha value is -4.02. The van der Waals surface area contributed by atoms with Crippen LogP contribution in [0.25, 0.3) is 0 Å². The third kappa shape index (κ3) is 5.40. The van der Waals surface area contributed by atoms with E-state index in [2.05, 4.69) is 10.2 Å². The van der Waals surface area contributed by atoms with Crippen LogP contribution in [0.15, 0.2) is 41.4 Å². The average Bonchev–Trinajstić information content (AvgIpc) is 2.92. The maximum atomic E-state index is 13.3. The zero-order valence-electron chi connectivity index (χ0n) is 21.3. The minimum atomic E-state index is -1.19. The van der Waals surface area contributed by atoms with E-state index in [4.69, 9.17) is 23.9 Å². The van der Waals surface area contributed by atoms with Gasteiger partial charge in [-0.1, -0.05) is 0 Å². The number of aliphatic imine (C=N–C) groups is 1. The summed E-state index contributed by atoms with van der Waals surface area (Å²) in [6.07, 6.45) is 0. The van der Waals surface area contributed by atoms with Crippen molar-refractivity contribution >= 4 is 23.5 Å². The van der Waals surface area contributed by atoms with E-state index >= 15 is 0 Å². The number of hydrogen-bond acceptors (Lipinski definition) is 9. The molecule has 1 amide bonds. The topological polar surface area (TPSA) is 102 Å². The van der Waals surface area contributed by atoms with E-state index in [9.17, 15) is 14.0 Å². The fourth-order valence-electron chi connectivity index (χ4n) is 4.57. The molecule has 2 aliphatic heterocycles. The fraction of sp³-hybridized carbons (Fsp3) is 0.423. The van der Waals surface area contributed by atoms with Crippen molar-refractivity contribution in [2.24, 2.45) is 10.9 Å². The van der Waals surface area contributed by atoms with E-state index in [1.54, 1.807) is 31.2 Å². The average molecular weight is 515 g/mol. The van der Waals surface area contributed by atoms with Gasteiger partial charge in [-0.25, -0.2) is 9.38 Å². The predicted molar refractivity (Wildman–Crippen MR) is 135 cm³/mol. The quantitative estimate of drug-likeness (QED) is 0.444. The minimum absolute atomic E-state index is 0.131. The first-order chi connectivity index (χ1) is 17.9. The lowest BCUT2D eigenvalue weighted by Gasteiger charge is -2.39. The molecule has 0 spiro atoms. The number of anilines is 1. The number of esters is 1.